The molecule has 0 saturated carbocycles. The molecule has 2 aromatic rings. The molecule has 2 nitrogen and oxygen atoms in total. The molecule has 0 bridgehead atoms. The molecule has 0 radical (unpaired) electrons. The van der Waals surface area contributed by atoms with Crippen LogP contribution < -0.4 is 4.74 Å². The van der Waals surface area contributed by atoms with E-state index in [1.807, 2.05) is 42.8 Å². The second-order valence-corrected chi connectivity index (χ2v) is 4.02. The van der Waals surface area contributed by atoms with Gasteiger partial charge in [0.05, 0.1) is 7.11 Å². The lowest BCUT2D eigenvalue weighted by molar-refractivity contribution is 0.415. The van der Waals surface area contributed by atoms with Crippen molar-refractivity contribution < 1.29 is 4.74 Å². The quantitative estimate of drug-likeness (QED) is 0.750. The Kier molecular flexibility index (Phi) is 5.84. The molecule has 0 aliphatic rings. The molecule has 2 rings (SSSR count). The number of benzene rings is 1. The summed E-state index contributed by atoms with van der Waals surface area (Å²) in [6, 6.07) is 7.91. The van der Waals surface area contributed by atoms with Gasteiger partial charge in [-0.3, -0.25) is 0 Å². The van der Waals surface area contributed by atoms with Crippen LogP contribution in [0.2, 0.25) is 0 Å². The van der Waals surface area contributed by atoms with Gasteiger partial charge in [0.1, 0.15) is 10.8 Å². The van der Waals surface area contributed by atoms with E-state index in [0.29, 0.717) is 0 Å². The van der Waals surface area contributed by atoms with E-state index in [2.05, 4.69) is 10.9 Å². The first-order chi connectivity index (χ1) is 8.31. The van der Waals surface area contributed by atoms with Crippen molar-refractivity contribution in [2.45, 2.75) is 13.3 Å². The van der Waals surface area contributed by atoms with Gasteiger partial charge >= 0.3 is 0 Å². The maximum atomic E-state index is 5.07. The molecule has 0 unspecified atom stereocenters. The summed E-state index contributed by atoms with van der Waals surface area (Å²) in [5.41, 5.74) is 1.14. The number of hydrogen-bond acceptors (Lipinski definition) is 3. The van der Waals surface area contributed by atoms with Crippen molar-refractivity contribution in [3.63, 3.8) is 0 Å². The fraction of sp³-hybridized carbons (Fsp3) is 0.214. The minimum absolute atomic E-state index is 0.847. The molecule has 0 spiro atoms. The minimum atomic E-state index is 0.847. The lowest BCUT2D eigenvalue weighted by Gasteiger charge is -1.99. The highest BCUT2D eigenvalue weighted by molar-refractivity contribution is 7.13. The van der Waals surface area contributed by atoms with Gasteiger partial charge in [0.2, 0.25) is 0 Å². The molecule has 0 aliphatic carbocycles. The SMILES string of the molecule is C#CCC.COc1ccc(-c2nccs2)cc1. The highest BCUT2D eigenvalue weighted by Crippen LogP contribution is 2.23. The monoisotopic (exact) mass is 245 g/mol. The summed E-state index contributed by atoms with van der Waals surface area (Å²) in [6.07, 6.45) is 7.43. The number of hydrogen-bond donors (Lipinski definition) is 0. The molecule has 88 valence electrons. The van der Waals surface area contributed by atoms with Crippen molar-refractivity contribution in [1.29, 1.82) is 0 Å². The van der Waals surface area contributed by atoms with E-state index in [1.165, 1.54) is 0 Å². The first-order valence-corrected chi connectivity index (χ1v) is 6.17. The molecule has 17 heavy (non-hydrogen) atoms. The van der Waals surface area contributed by atoms with Crippen LogP contribution in [0.4, 0.5) is 0 Å². The standard InChI is InChI=1S/C10H9NOS.C4H6/c1-12-9-4-2-8(3-5-9)10-11-6-7-13-10;1-3-4-2/h2-7H,1H3;1H,4H2,2H3. The average Bonchev–Trinajstić information content (AvgIpc) is 2.93. The van der Waals surface area contributed by atoms with Crippen molar-refractivity contribution in [2.24, 2.45) is 0 Å². The third-order valence-electron chi connectivity index (χ3n) is 1.97. The van der Waals surface area contributed by atoms with Gasteiger partial charge in [0.15, 0.2) is 0 Å². The van der Waals surface area contributed by atoms with Gasteiger partial charge in [0.25, 0.3) is 0 Å². The molecule has 0 amide bonds. The molecule has 0 aliphatic heterocycles. The normalized spacial score (nSPS) is 8.76. The molecule has 1 aromatic carbocycles. The summed E-state index contributed by atoms with van der Waals surface area (Å²) >= 11 is 1.64. The van der Waals surface area contributed by atoms with E-state index in [1.54, 1.807) is 18.4 Å². The van der Waals surface area contributed by atoms with Crippen LogP contribution in [0.3, 0.4) is 0 Å². The maximum absolute atomic E-state index is 5.07. The van der Waals surface area contributed by atoms with Crippen molar-refractivity contribution in [2.75, 3.05) is 7.11 Å². The van der Waals surface area contributed by atoms with Gasteiger partial charge < -0.3 is 4.74 Å². The van der Waals surface area contributed by atoms with E-state index in [9.17, 15) is 0 Å². The number of aromatic nitrogens is 1. The van der Waals surface area contributed by atoms with Gasteiger partial charge in [-0.15, -0.1) is 23.7 Å². The van der Waals surface area contributed by atoms with Crippen LogP contribution in [0.1, 0.15) is 13.3 Å². The molecule has 0 N–H and O–H groups in total. The zero-order chi connectivity index (χ0) is 12.5. The number of methoxy groups -OCH3 is 1. The van der Waals surface area contributed by atoms with Crippen molar-refractivity contribution >= 4 is 11.3 Å². The molecular formula is C14H15NOS. The maximum Gasteiger partial charge on any atom is 0.123 e. The Morgan fingerprint density at radius 1 is 1.35 bits per heavy atom. The van der Waals surface area contributed by atoms with Crippen LogP contribution in [-0.2, 0) is 0 Å². The Bertz CT molecular complexity index is 454. The zero-order valence-electron chi connectivity index (χ0n) is 10.0. The first kappa shape index (κ1) is 13.3. The van der Waals surface area contributed by atoms with E-state index in [4.69, 9.17) is 11.2 Å². The smallest absolute Gasteiger partial charge is 0.123 e. The highest BCUT2D eigenvalue weighted by Gasteiger charge is 1.99. The van der Waals surface area contributed by atoms with Crippen molar-refractivity contribution in [3.05, 3.63) is 35.8 Å². The van der Waals surface area contributed by atoms with Gasteiger partial charge in [0, 0.05) is 23.6 Å². The predicted octanol–water partition coefficient (Wildman–Crippen LogP) is 3.85. The Morgan fingerprint density at radius 3 is 2.41 bits per heavy atom. The summed E-state index contributed by atoms with van der Waals surface area (Å²) in [4.78, 5) is 4.22. The van der Waals surface area contributed by atoms with Gasteiger partial charge in [-0.1, -0.05) is 6.92 Å². The zero-order valence-corrected chi connectivity index (χ0v) is 10.8. The predicted molar refractivity (Wildman–Crippen MR) is 73.2 cm³/mol. The van der Waals surface area contributed by atoms with Crippen LogP contribution in [0.15, 0.2) is 35.8 Å². The third-order valence-corrected chi connectivity index (χ3v) is 2.80. The number of ether oxygens (including phenoxy) is 1. The minimum Gasteiger partial charge on any atom is -0.497 e. The molecule has 0 atom stereocenters. The highest BCUT2D eigenvalue weighted by atomic mass is 32.1. The Balaban J connectivity index is 0.000000317. The van der Waals surface area contributed by atoms with Gasteiger partial charge in [-0.05, 0) is 24.3 Å². The third kappa shape index (κ3) is 4.29. The van der Waals surface area contributed by atoms with Crippen LogP contribution in [0.5, 0.6) is 5.75 Å². The van der Waals surface area contributed by atoms with E-state index in [-0.39, 0.29) is 0 Å². The summed E-state index contributed by atoms with van der Waals surface area (Å²) in [5.74, 6) is 3.31. The van der Waals surface area contributed by atoms with Gasteiger partial charge in [-0.25, -0.2) is 4.98 Å². The Morgan fingerprint density at radius 2 is 2.00 bits per heavy atom. The lowest BCUT2D eigenvalue weighted by atomic mass is 10.2. The second kappa shape index (κ2) is 7.48. The topological polar surface area (TPSA) is 22.1 Å². The van der Waals surface area contributed by atoms with Gasteiger partial charge in [-0.2, -0.15) is 0 Å². The molecule has 3 heteroatoms. The molecule has 0 fully saturated rings. The summed E-state index contributed by atoms with van der Waals surface area (Å²) < 4.78 is 5.07. The molecule has 1 heterocycles. The summed E-state index contributed by atoms with van der Waals surface area (Å²) in [7, 11) is 1.67. The number of nitrogens with zero attached hydrogens (tertiary/aromatic N) is 1. The van der Waals surface area contributed by atoms with Crippen molar-refractivity contribution in [1.82, 2.24) is 4.98 Å². The number of rotatable bonds is 2. The largest absolute Gasteiger partial charge is 0.497 e. The van der Waals surface area contributed by atoms with E-state index < -0.39 is 0 Å². The van der Waals surface area contributed by atoms with E-state index >= 15 is 0 Å². The first-order valence-electron chi connectivity index (χ1n) is 5.29. The number of thiazole rings is 1. The molecular weight excluding hydrogens is 230 g/mol. The van der Waals surface area contributed by atoms with E-state index in [0.717, 1.165) is 22.7 Å². The molecule has 0 saturated heterocycles. The average molecular weight is 245 g/mol. The fourth-order valence-electron chi connectivity index (χ4n) is 1.10. The van der Waals surface area contributed by atoms with Crippen molar-refractivity contribution in [3.8, 4) is 28.7 Å². The fourth-order valence-corrected chi connectivity index (χ4v) is 1.74. The Hall–Kier alpha value is -1.79. The second-order valence-electron chi connectivity index (χ2n) is 3.12. The molecule has 1 aromatic heterocycles. The lowest BCUT2D eigenvalue weighted by Crippen LogP contribution is -1.81. The van der Waals surface area contributed by atoms with Crippen LogP contribution in [0.25, 0.3) is 10.6 Å². The summed E-state index contributed by atoms with van der Waals surface area (Å²) in [6.45, 7) is 1.94. The number of terminal acetylenes is 1. The van der Waals surface area contributed by atoms with Crippen LogP contribution >= 0.6 is 11.3 Å². The van der Waals surface area contributed by atoms with Crippen LogP contribution in [-0.4, -0.2) is 12.1 Å². The summed E-state index contributed by atoms with van der Waals surface area (Å²) in [5, 5.41) is 3.02. The van der Waals surface area contributed by atoms with Crippen LogP contribution in [0, 0.1) is 12.3 Å². The Labute approximate surface area is 106 Å².